The molecule has 1 aromatic rings. The Kier molecular flexibility index (Phi) is 3.19. The topological polar surface area (TPSA) is 41.6 Å². The molecule has 1 aromatic carbocycles. The molecule has 0 atom stereocenters. The van der Waals surface area contributed by atoms with Gasteiger partial charge in [0.15, 0.2) is 0 Å². The molecule has 1 N–H and O–H groups in total. The average molecular weight is 260 g/mol. The van der Waals surface area contributed by atoms with E-state index in [0.717, 1.165) is 26.2 Å². The van der Waals surface area contributed by atoms with Gasteiger partial charge in [-0.2, -0.15) is 0 Å². The molecule has 2 fully saturated rings. The first kappa shape index (κ1) is 12.5. The number of hydrogen-bond donors (Lipinski definition) is 1. The van der Waals surface area contributed by atoms with Crippen LogP contribution in [-0.2, 0) is 4.74 Å². The molecule has 3 rings (SSSR count). The van der Waals surface area contributed by atoms with Crippen LogP contribution in [0.25, 0.3) is 0 Å². The number of ether oxygens (including phenoxy) is 1. The summed E-state index contributed by atoms with van der Waals surface area (Å²) >= 11 is 0. The molecule has 102 valence electrons. The molecule has 0 bridgehead atoms. The third-order valence-electron chi connectivity index (χ3n) is 4.37. The minimum Gasteiger partial charge on any atom is -0.465 e. The fraction of sp³-hybridized carbons (Fsp3) is 0.533. The fourth-order valence-electron chi connectivity index (χ4n) is 3.15. The summed E-state index contributed by atoms with van der Waals surface area (Å²) in [4.78, 5) is 13.8. The lowest BCUT2D eigenvalue weighted by Gasteiger charge is -2.53. The lowest BCUT2D eigenvalue weighted by Crippen LogP contribution is -2.60. The zero-order valence-electron chi connectivity index (χ0n) is 11.3. The van der Waals surface area contributed by atoms with E-state index in [1.165, 1.54) is 25.6 Å². The number of methoxy groups -OCH3 is 1. The Morgan fingerprint density at radius 1 is 1.21 bits per heavy atom. The Hall–Kier alpha value is -1.55. The summed E-state index contributed by atoms with van der Waals surface area (Å²) in [7, 11) is 1.41. The maximum absolute atomic E-state index is 11.4. The minimum atomic E-state index is -0.273. The van der Waals surface area contributed by atoms with Crippen molar-refractivity contribution < 1.29 is 9.53 Å². The number of esters is 1. The van der Waals surface area contributed by atoms with Crippen molar-refractivity contribution in [2.75, 3.05) is 38.2 Å². The van der Waals surface area contributed by atoms with Gasteiger partial charge in [0.1, 0.15) is 0 Å². The highest BCUT2D eigenvalue weighted by molar-refractivity contribution is 5.89. The molecule has 0 aromatic heterocycles. The van der Waals surface area contributed by atoms with Gasteiger partial charge in [0.25, 0.3) is 0 Å². The number of hydrogen-bond acceptors (Lipinski definition) is 4. The number of nitrogens with one attached hydrogen (secondary N) is 1. The monoisotopic (exact) mass is 260 g/mol. The van der Waals surface area contributed by atoms with Crippen LogP contribution in [0.15, 0.2) is 24.3 Å². The molecule has 19 heavy (non-hydrogen) atoms. The van der Waals surface area contributed by atoms with E-state index in [4.69, 9.17) is 4.74 Å². The molecular weight excluding hydrogens is 240 g/mol. The highest BCUT2D eigenvalue weighted by Gasteiger charge is 2.43. The average Bonchev–Trinajstić information content (AvgIpc) is 2.45. The molecule has 2 heterocycles. The van der Waals surface area contributed by atoms with E-state index in [9.17, 15) is 4.79 Å². The molecule has 1 spiro atoms. The normalized spacial score (nSPS) is 21.0. The van der Waals surface area contributed by atoms with Crippen LogP contribution in [0.5, 0.6) is 0 Å². The van der Waals surface area contributed by atoms with Crippen LogP contribution in [0.3, 0.4) is 0 Å². The largest absolute Gasteiger partial charge is 0.465 e. The van der Waals surface area contributed by atoms with Gasteiger partial charge in [0, 0.05) is 24.2 Å². The van der Waals surface area contributed by atoms with Crippen molar-refractivity contribution in [3.05, 3.63) is 29.8 Å². The van der Waals surface area contributed by atoms with Crippen molar-refractivity contribution in [1.82, 2.24) is 5.32 Å². The molecule has 0 amide bonds. The molecule has 2 aliphatic rings. The lowest BCUT2D eigenvalue weighted by atomic mass is 9.72. The van der Waals surface area contributed by atoms with Gasteiger partial charge >= 0.3 is 5.97 Å². The van der Waals surface area contributed by atoms with Crippen LogP contribution in [0.2, 0.25) is 0 Å². The predicted molar refractivity (Wildman–Crippen MR) is 74.5 cm³/mol. The van der Waals surface area contributed by atoms with Gasteiger partial charge in [0.05, 0.1) is 12.7 Å². The molecule has 4 heteroatoms. The quantitative estimate of drug-likeness (QED) is 0.821. The van der Waals surface area contributed by atoms with Gasteiger partial charge in [0.2, 0.25) is 0 Å². The van der Waals surface area contributed by atoms with E-state index >= 15 is 0 Å². The fourth-order valence-corrected chi connectivity index (χ4v) is 3.15. The van der Waals surface area contributed by atoms with Crippen molar-refractivity contribution >= 4 is 11.7 Å². The van der Waals surface area contributed by atoms with Gasteiger partial charge in [-0.3, -0.25) is 0 Å². The van der Waals surface area contributed by atoms with E-state index in [2.05, 4.69) is 10.2 Å². The van der Waals surface area contributed by atoms with Crippen molar-refractivity contribution in [1.29, 1.82) is 0 Å². The number of carbonyl (C=O) groups is 1. The molecule has 0 radical (unpaired) electrons. The summed E-state index contributed by atoms with van der Waals surface area (Å²) in [6.07, 6.45) is 2.56. The SMILES string of the molecule is COC(=O)c1ccc(N2CC3(CCNCC3)C2)cc1. The second-order valence-corrected chi connectivity index (χ2v) is 5.64. The van der Waals surface area contributed by atoms with E-state index in [0.29, 0.717) is 11.0 Å². The minimum absolute atomic E-state index is 0.273. The standard InChI is InChI=1S/C15H20N2O2/c1-19-14(18)12-2-4-13(5-3-12)17-10-15(11-17)6-8-16-9-7-15/h2-5,16H,6-11H2,1H3. The summed E-state index contributed by atoms with van der Waals surface area (Å²) in [6.45, 7) is 4.59. The van der Waals surface area contributed by atoms with Crippen molar-refractivity contribution in [2.45, 2.75) is 12.8 Å². The van der Waals surface area contributed by atoms with Crippen molar-refractivity contribution in [2.24, 2.45) is 5.41 Å². The number of nitrogens with zero attached hydrogens (tertiary/aromatic N) is 1. The van der Waals surface area contributed by atoms with E-state index < -0.39 is 0 Å². The van der Waals surface area contributed by atoms with Gasteiger partial charge in [-0.1, -0.05) is 0 Å². The second kappa shape index (κ2) is 4.85. The van der Waals surface area contributed by atoms with Gasteiger partial charge in [-0.05, 0) is 50.2 Å². The van der Waals surface area contributed by atoms with Crippen molar-refractivity contribution in [3.63, 3.8) is 0 Å². The van der Waals surface area contributed by atoms with Crippen molar-refractivity contribution in [3.8, 4) is 0 Å². The molecule has 4 nitrogen and oxygen atoms in total. The Morgan fingerprint density at radius 3 is 2.42 bits per heavy atom. The third-order valence-corrected chi connectivity index (χ3v) is 4.37. The first-order valence-corrected chi connectivity index (χ1v) is 6.87. The molecule has 0 saturated carbocycles. The van der Waals surface area contributed by atoms with Gasteiger partial charge < -0.3 is 15.0 Å². The number of carbonyl (C=O) groups excluding carboxylic acids is 1. The number of rotatable bonds is 2. The number of piperidine rings is 1. The van der Waals surface area contributed by atoms with Crippen LogP contribution in [0.1, 0.15) is 23.2 Å². The molecule has 2 aliphatic heterocycles. The molecule has 0 aliphatic carbocycles. The Labute approximate surface area is 113 Å². The second-order valence-electron chi connectivity index (χ2n) is 5.64. The van der Waals surface area contributed by atoms with Crippen LogP contribution >= 0.6 is 0 Å². The van der Waals surface area contributed by atoms with E-state index in [1.54, 1.807) is 0 Å². The van der Waals surface area contributed by atoms with Crippen LogP contribution in [0.4, 0.5) is 5.69 Å². The summed E-state index contributed by atoms with van der Waals surface area (Å²) in [5.74, 6) is -0.273. The zero-order valence-corrected chi connectivity index (χ0v) is 11.3. The Bertz CT molecular complexity index is 456. The maximum Gasteiger partial charge on any atom is 0.337 e. The smallest absolute Gasteiger partial charge is 0.337 e. The van der Waals surface area contributed by atoms with Crippen LogP contribution < -0.4 is 10.2 Å². The summed E-state index contributed by atoms with van der Waals surface area (Å²) < 4.78 is 4.71. The molecule has 2 saturated heterocycles. The zero-order chi connectivity index (χ0) is 13.3. The van der Waals surface area contributed by atoms with Gasteiger partial charge in [-0.25, -0.2) is 4.79 Å². The molecular formula is C15H20N2O2. The highest BCUT2D eigenvalue weighted by Crippen LogP contribution is 2.41. The Morgan fingerprint density at radius 2 is 1.84 bits per heavy atom. The lowest BCUT2D eigenvalue weighted by molar-refractivity contribution is 0.0600. The maximum atomic E-state index is 11.4. The highest BCUT2D eigenvalue weighted by atomic mass is 16.5. The predicted octanol–water partition coefficient (Wildman–Crippen LogP) is 1.66. The first-order chi connectivity index (χ1) is 9.22. The summed E-state index contributed by atoms with van der Waals surface area (Å²) in [5, 5.41) is 3.42. The van der Waals surface area contributed by atoms with E-state index in [-0.39, 0.29) is 5.97 Å². The first-order valence-electron chi connectivity index (χ1n) is 6.87. The number of benzene rings is 1. The third kappa shape index (κ3) is 2.32. The molecule has 0 unspecified atom stereocenters. The summed E-state index contributed by atoms with van der Waals surface area (Å²) in [6, 6.07) is 7.71. The number of anilines is 1. The van der Waals surface area contributed by atoms with E-state index in [1.807, 2.05) is 24.3 Å². The van der Waals surface area contributed by atoms with Crippen LogP contribution in [0, 0.1) is 5.41 Å². The summed E-state index contributed by atoms with van der Waals surface area (Å²) in [5.41, 5.74) is 2.35. The van der Waals surface area contributed by atoms with Gasteiger partial charge in [-0.15, -0.1) is 0 Å². The van der Waals surface area contributed by atoms with Crippen LogP contribution in [-0.4, -0.2) is 39.3 Å². The Balaban J connectivity index is 1.63.